The van der Waals surface area contributed by atoms with E-state index in [-0.39, 0.29) is 30.0 Å². The molecule has 0 aromatic carbocycles. The van der Waals surface area contributed by atoms with Gasteiger partial charge in [0.2, 0.25) is 5.91 Å². The molecule has 5 aliphatic rings. The van der Waals surface area contributed by atoms with Gasteiger partial charge in [-0.15, -0.1) is 0 Å². The molecule has 0 bridgehead atoms. The van der Waals surface area contributed by atoms with Crippen molar-refractivity contribution in [1.29, 1.82) is 0 Å². The van der Waals surface area contributed by atoms with Gasteiger partial charge in [0, 0.05) is 64.0 Å². The second kappa shape index (κ2) is 12.5. The molecule has 37 heavy (non-hydrogen) atoms. The number of hydrogen-bond donors (Lipinski definition) is 5. The Morgan fingerprint density at radius 3 is 2.49 bits per heavy atom. The SMILES string of the molecule is NC(N)C(C(=O)NC1CNCCC1N1CCN([C@H]2CCOC2)CC1)C1CC2(CCCC2)CCC(F)CN1. The van der Waals surface area contributed by atoms with Crippen LogP contribution in [0, 0.1) is 11.3 Å². The number of carbonyl (C=O) groups is 1. The Bertz CT molecular complexity index is 738. The van der Waals surface area contributed by atoms with Crippen molar-refractivity contribution in [3.63, 3.8) is 0 Å². The summed E-state index contributed by atoms with van der Waals surface area (Å²) in [6, 6.07) is 0.653. The highest BCUT2D eigenvalue weighted by atomic mass is 19.1. The van der Waals surface area contributed by atoms with Gasteiger partial charge < -0.3 is 32.2 Å². The normalized spacial score (nSPS) is 36.9. The van der Waals surface area contributed by atoms with Gasteiger partial charge >= 0.3 is 0 Å². The molecule has 4 aliphatic heterocycles. The molecule has 10 heteroatoms. The van der Waals surface area contributed by atoms with Crippen molar-refractivity contribution in [2.75, 3.05) is 59.0 Å². The average molecular weight is 524 g/mol. The minimum Gasteiger partial charge on any atom is -0.380 e. The summed E-state index contributed by atoms with van der Waals surface area (Å²) in [4.78, 5) is 18.9. The molecule has 9 nitrogen and oxygen atoms in total. The van der Waals surface area contributed by atoms with Crippen molar-refractivity contribution in [2.24, 2.45) is 22.8 Å². The van der Waals surface area contributed by atoms with Crippen LogP contribution in [0.15, 0.2) is 0 Å². The van der Waals surface area contributed by atoms with Crippen LogP contribution in [-0.2, 0) is 9.53 Å². The van der Waals surface area contributed by atoms with E-state index in [0.29, 0.717) is 18.5 Å². The molecular weight excluding hydrogens is 473 g/mol. The van der Waals surface area contributed by atoms with Crippen LogP contribution in [0.3, 0.4) is 0 Å². The van der Waals surface area contributed by atoms with Gasteiger partial charge in [0.05, 0.1) is 24.7 Å². The second-order valence-corrected chi connectivity index (χ2v) is 12.4. The minimum atomic E-state index is -0.889. The number of nitrogens with one attached hydrogen (secondary N) is 3. The van der Waals surface area contributed by atoms with E-state index in [1.807, 2.05) is 0 Å². The molecule has 4 heterocycles. The van der Waals surface area contributed by atoms with Gasteiger partial charge in [-0.3, -0.25) is 14.6 Å². The number of hydrogen-bond acceptors (Lipinski definition) is 8. The molecule has 0 radical (unpaired) electrons. The van der Waals surface area contributed by atoms with Gasteiger partial charge in [0.15, 0.2) is 0 Å². The first-order chi connectivity index (χ1) is 17.9. The van der Waals surface area contributed by atoms with Gasteiger partial charge in [-0.05, 0) is 56.9 Å². The number of rotatable bonds is 6. The van der Waals surface area contributed by atoms with E-state index in [1.54, 1.807) is 0 Å². The summed E-state index contributed by atoms with van der Waals surface area (Å²) in [6.45, 7) is 7.82. The first-order valence-electron chi connectivity index (χ1n) is 14.9. The van der Waals surface area contributed by atoms with Gasteiger partial charge in [-0.25, -0.2) is 4.39 Å². The molecule has 5 rings (SSSR count). The molecule has 212 valence electrons. The smallest absolute Gasteiger partial charge is 0.227 e. The van der Waals surface area contributed by atoms with Gasteiger partial charge in [0.1, 0.15) is 6.17 Å². The van der Waals surface area contributed by atoms with Gasteiger partial charge in [-0.1, -0.05) is 12.8 Å². The van der Waals surface area contributed by atoms with E-state index >= 15 is 0 Å². The summed E-state index contributed by atoms with van der Waals surface area (Å²) >= 11 is 0. The fraction of sp³-hybridized carbons (Fsp3) is 0.963. The molecule has 6 atom stereocenters. The Morgan fingerprint density at radius 2 is 1.78 bits per heavy atom. The lowest BCUT2D eigenvalue weighted by molar-refractivity contribution is -0.128. The van der Waals surface area contributed by atoms with Gasteiger partial charge in [0.25, 0.3) is 0 Å². The van der Waals surface area contributed by atoms with Crippen molar-refractivity contribution >= 4 is 5.91 Å². The number of nitrogens with zero attached hydrogens (tertiary/aromatic N) is 2. The molecule has 0 aromatic heterocycles. The summed E-state index contributed by atoms with van der Waals surface area (Å²) in [6.07, 6.45) is 7.39. The Balaban J connectivity index is 1.23. The van der Waals surface area contributed by atoms with E-state index in [4.69, 9.17) is 16.2 Å². The zero-order valence-electron chi connectivity index (χ0n) is 22.5. The zero-order valence-corrected chi connectivity index (χ0v) is 22.5. The number of halogens is 1. The fourth-order valence-corrected chi connectivity index (χ4v) is 7.90. The Kier molecular flexibility index (Phi) is 9.37. The van der Waals surface area contributed by atoms with Crippen LogP contribution in [0.4, 0.5) is 4.39 Å². The monoisotopic (exact) mass is 523 g/mol. The van der Waals surface area contributed by atoms with Crippen molar-refractivity contribution < 1.29 is 13.9 Å². The van der Waals surface area contributed by atoms with Gasteiger partial charge in [-0.2, -0.15) is 0 Å². The first-order valence-corrected chi connectivity index (χ1v) is 14.9. The zero-order chi connectivity index (χ0) is 25.8. The standard InChI is InChI=1S/C27H50FN7O2/c28-19-3-8-27(6-1-2-7-27)15-21(32-16-19)24(25(29)30)26(36)33-22-17-31-9-4-23(22)35-12-10-34(11-13-35)20-5-14-37-18-20/h19-25,31-32H,1-18,29-30H2,(H,33,36)/t19?,20-,21?,22?,23?,24?/m0/s1. The predicted octanol–water partition coefficient (Wildman–Crippen LogP) is 0.140. The third-order valence-corrected chi connectivity index (χ3v) is 10.1. The molecule has 4 saturated heterocycles. The maximum atomic E-state index is 14.6. The highest BCUT2D eigenvalue weighted by Gasteiger charge is 2.44. The maximum Gasteiger partial charge on any atom is 0.227 e. The number of nitrogens with two attached hydrogens (primary N) is 2. The fourth-order valence-electron chi connectivity index (χ4n) is 7.90. The number of ether oxygens (including phenoxy) is 1. The Labute approximate surface area is 221 Å². The van der Waals surface area contributed by atoms with Crippen molar-refractivity contribution in [3.05, 3.63) is 0 Å². The van der Waals surface area contributed by atoms with E-state index in [1.165, 1.54) is 12.8 Å². The lowest BCUT2D eigenvalue weighted by Gasteiger charge is -2.46. The third kappa shape index (κ3) is 6.65. The van der Waals surface area contributed by atoms with Crippen molar-refractivity contribution in [1.82, 2.24) is 25.8 Å². The number of piperazine rings is 1. The summed E-state index contributed by atoms with van der Waals surface area (Å²) in [5.41, 5.74) is 12.7. The Morgan fingerprint density at radius 1 is 1.03 bits per heavy atom. The number of amides is 1. The molecule has 1 amide bonds. The molecule has 1 saturated carbocycles. The maximum absolute atomic E-state index is 14.6. The van der Waals surface area contributed by atoms with Crippen LogP contribution in [-0.4, -0.2) is 111 Å². The molecule has 5 fully saturated rings. The molecule has 7 N–H and O–H groups in total. The largest absolute Gasteiger partial charge is 0.380 e. The van der Waals surface area contributed by atoms with E-state index in [2.05, 4.69) is 25.8 Å². The van der Waals surface area contributed by atoms with Crippen LogP contribution in [0.25, 0.3) is 0 Å². The number of piperidine rings is 1. The summed E-state index contributed by atoms with van der Waals surface area (Å²) in [7, 11) is 0. The first kappa shape index (κ1) is 27.7. The second-order valence-electron chi connectivity index (χ2n) is 12.4. The highest BCUT2D eigenvalue weighted by Crippen LogP contribution is 2.47. The van der Waals surface area contributed by atoms with Crippen LogP contribution in [0.1, 0.15) is 57.8 Å². The predicted molar refractivity (Wildman–Crippen MR) is 143 cm³/mol. The number of alkyl halides is 1. The van der Waals surface area contributed by atoms with Crippen LogP contribution < -0.4 is 27.4 Å². The molecular formula is C27H50FN7O2. The Hall–Kier alpha value is -0.880. The van der Waals surface area contributed by atoms with Crippen LogP contribution in [0.2, 0.25) is 0 Å². The molecule has 5 unspecified atom stereocenters. The average Bonchev–Trinajstić information content (AvgIpc) is 3.59. The molecule has 1 aliphatic carbocycles. The van der Waals surface area contributed by atoms with Crippen molar-refractivity contribution in [3.8, 4) is 0 Å². The minimum absolute atomic E-state index is 0.00628. The van der Waals surface area contributed by atoms with E-state index in [9.17, 15) is 9.18 Å². The van der Waals surface area contributed by atoms with Crippen LogP contribution >= 0.6 is 0 Å². The molecule has 0 aromatic rings. The summed E-state index contributed by atoms with van der Waals surface area (Å²) < 4.78 is 20.2. The third-order valence-electron chi connectivity index (χ3n) is 10.1. The van der Waals surface area contributed by atoms with Crippen molar-refractivity contribution in [2.45, 2.75) is 94.3 Å². The summed E-state index contributed by atoms with van der Waals surface area (Å²) in [5, 5.41) is 10.2. The molecule has 1 spiro atoms. The highest BCUT2D eigenvalue weighted by molar-refractivity contribution is 5.80. The summed E-state index contributed by atoms with van der Waals surface area (Å²) in [5.74, 6) is -0.665. The van der Waals surface area contributed by atoms with E-state index in [0.717, 1.165) is 91.0 Å². The number of carbonyl (C=O) groups excluding carboxylic acids is 1. The van der Waals surface area contributed by atoms with Crippen LogP contribution in [0.5, 0.6) is 0 Å². The van der Waals surface area contributed by atoms with E-state index < -0.39 is 18.3 Å². The quantitative estimate of drug-likeness (QED) is 0.312. The topological polar surface area (TPSA) is 121 Å². The lowest BCUT2D eigenvalue weighted by Crippen LogP contribution is -2.66. The lowest BCUT2D eigenvalue weighted by atomic mass is 9.72.